The normalized spacial score (nSPS) is 12.2. The lowest BCUT2D eigenvalue weighted by molar-refractivity contribution is 0.790. The molecule has 0 saturated heterocycles. The second-order valence-electron chi connectivity index (χ2n) is 4.11. The van der Waals surface area contributed by atoms with Crippen molar-refractivity contribution in [2.24, 2.45) is 5.73 Å². The molecule has 1 unspecified atom stereocenters. The number of nitrogens with one attached hydrogen (secondary N) is 1. The van der Waals surface area contributed by atoms with E-state index in [-0.39, 0.29) is 6.04 Å². The predicted octanol–water partition coefficient (Wildman–Crippen LogP) is 4.87. The molecule has 1 atom stereocenters. The summed E-state index contributed by atoms with van der Waals surface area (Å²) in [7, 11) is 0. The van der Waals surface area contributed by atoms with E-state index in [1.807, 2.05) is 30.3 Å². The van der Waals surface area contributed by atoms with Crippen molar-refractivity contribution < 1.29 is 0 Å². The van der Waals surface area contributed by atoms with Gasteiger partial charge in [-0.25, -0.2) is 0 Å². The zero-order valence-corrected chi connectivity index (χ0v) is 13.1. The summed E-state index contributed by atoms with van der Waals surface area (Å²) >= 11 is 15.7. The van der Waals surface area contributed by atoms with Crippen molar-refractivity contribution in [3.8, 4) is 0 Å². The van der Waals surface area contributed by atoms with Gasteiger partial charge in [-0.05, 0) is 42.0 Å². The Labute approximate surface area is 131 Å². The summed E-state index contributed by atoms with van der Waals surface area (Å²) in [5.41, 5.74) is 7.71. The topological polar surface area (TPSA) is 38.0 Å². The third-order valence-electron chi connectivity index (χ3n) is 2.73. The van der Waals surface area contributed by atoms with Crippen molar-refractivity contribution in [3.63, 3.8) is 0 Å². The van der Waals surface area contributed by atoms with Crippen molar-refractivity contribution >= 4 is 44.8 Å². The molecular weight excluding hydrogens is 347 g/mol. The molecule has 5 heteroatoms. The molecule has 2 aromatic carbocycles. The SMILES string of the molecule is NCC(Nc1cccc(Br)c1)c1cc(Cl)ccc1Cl. The van der Waals surface area contributed by atoms with Crippen molar-refractivity contribution in [1.29, 1.82) is 0 Å². The van der Waals surface area contributed by atoms with Gasteiger partial charge in [0.1, 0.15) is 0 Å². The number of anilines is 1. The molecule has 0 radical (unpaired) electrons. The minimum atomic E-state index is -0.0829. The fourth-order valence-electron chi connectivity index (χ4n) is 1.82. The first kappa shape index (κ1) is 14.7. The number of hydrogen-bond acceptors (Lipinski definition) is 2. The predicted molar refractivity (Wildman–Crippen MR) is 86.0 cm³/mol. The first-order valence-electron chi connectivity index (χ1n) is 5.77. The quantitative estimate of drug-likeness (QED) is 0.817. The van der Waals surface area contributed by atoms with Crippen LogP contribution in [-0.2, 0) is 0 Å². The maximum atomic E-state index is 6.20. The van der Waals surface area contributed by atoms with Gasteiger partial charge in [0.2, 0.25) is 0 Å². The van der Waals surface area contributed by atoms with Crippen molar-refractivity contribution in [3.05, 3.63) is 62.5 Å². The number of benzene rings is 2. The molecule has 0 heterocycles. The van der Waals surface area contributed by atoms with Crippen LogP contribution in [0.2, 0.25) is 10.0 Å². The molecule has 2 nitrogen and oxygen atoms in total. The van der Waals surface area contributed by atoms with Crippen LogP contribution in [0.4, 0.5) is 5.69 Å². The highest BCUT2D eigenvalue weighted by Crippen LogP contribution is 2.29. The fraction of sp³-hybridized carbons (Fsp3) is 0.143. The molecule has 3 N–H and O–H groups in total. The van der Waals surface area contributed by atoms with Crippen LogP contribution in [0.1, 0.15) is 11.6 Å². The molecule has 19 heavy (non-hydrogen) atoms. The van der Waals surface area contributed by atoms with Gasteiger partial charge in [-0.15, -0.1) is 0 Å². The molecule has 0 amide bonds. The zero-order valence-electron chi connectivity index (χ0n) is 10.0. The van der Waals surface area contributed by atoms with Crippen LogP contribution in [0.25, 0.3) is 0 Å². The molecule has 0 fully saturated rings. The van der Waals surface area contributed by atoms with E-state index < -0.39 is 0 Å². The van der Waals surface area contributed by atoms with Gasteiger partial charge < -0.3 is 11.1 Å². The molecule has 2 aromatic rings. The Morgan fingerprint density at radius 1 is 1.16 bits per heavy atom. The monoisotopic (exact) mass is 358 g/mol. The van der Waals surface area contributed by atoms with Crippen molar-refractivity contribution in [2.75, 3.05) is 11.9 Å². The van der Waals surface area contributed by atoms with Gasteiger partial charge in [0, 0.05) is 26.8 Å². The molecule has 100 valence electrons. The number of hydrogen-bond donors (Lipinski definition) is 2. The average Bonchev–Trinajstić information content (AvgIpc) is 2.39. The molecule has 0 bridgehead atoms. The van der Waals surface area contributed by atoms with Gasteiger partial charge in [0.15, 0.2) is 0 Å². The summed E-state index contributed by atoms with van der Waals surface area (Å²) < 4.78 is 1.01. The van der Waals surface area contributed by atoms with E-state index in [4.69, 9.17) is 28.9 Å². The average molecular weight is 360 g/mol. The molecule has 0 saturated carbocycles. The first-order chi connectivity index (χ1) is 9.10. The number of nitrogens with two attached hydrogens (primary N) is 1. The fourth-order valence-corrected chi connectivity index (χ4v) is 2.65. The van der Waals surface area contributed by atoms with Crippen LogP contribution in [0.15, 0.2) is 46.9 Å². The van der Waals surface area contributed by atoms with E-state index in [0.29, 0.717) is 16.6 Å². The number of halogens is 3. The van der Waals surface area contributed by atoms with Crippen molar-refractivity contribution in [1.82, 2.24) is 0 Å². The van der Waals surface area contributed by atoms with Crippen LogP contribution in [0.5, 0.6) is 0 Å². The molecular formula is C14H13BrCl2N2. The highest BCUT2D eigenvalue weighted by atomic mass is 79.9. The van der Waals surface area contributed by atoms with E-state index >= 15 is 0 Å². The molecule has 0 aliphatic heterocycles. The Morgan fingerprint density at radius 2 is 1.95 bits per heavy atom. The van der Waals surface area contributed by atoms with Gasteiger partial charge in [-0.1, -0.05) is 45.2 Å². The minimum Gasteiger partial charge on any atom is -0.377 e. The van der Waals surface area contributed by atoms with Crippen LogP contribution in [0, 0.1) is 0 Å². The summed E-state index contributed by atoms with van der Waals surface area (Å²) in [5, 5.41) is 4.66. The first-order valence-corrected chi connectivity index (χ1v) is 7.32. The third-order valence-corrected chi connectivity index (χ3v) is 3.81. The van der Waals surface area contributed by atoms with E-state index in [9.17, 15) is 0 Å². The van der Waals surface area contributed by atoms with Gasteiger partial charge in [-0.2, -0.15) is 0 Å². The highest BCUT2D eigenvalue weighted by molar-refractivity contribution is 9.10. The van der Waals surface area contributed by atoms with Crippen molar-refractivity contribution in [2.45, 2.75) is 6.04 Å². The third kappa shape index (κ3) is 3.86. The largest absolute Gasteiger partial charge is 0.377 e. The summed E-state index contributed by atoms with van der Waals surface area (Å²) in [4.78, 5) is 0. The molecule has 0 aromatic heterocycles. The molecule has 0 aliphatic carbocycles. The minimum absolute atomic E-state index is 0.0829. The van der Waals surface area contributed by atoms with Crippen LogP contribution in [-0.4, -0.2) is 6.54 Å². The lowest BCUT2D eigenvalue weighted by atomic mass is 10.1. The van der Waals surface area contributed by atoms with Gasteiger partial charge in [0.05, 0.1) is 6.04 Å². The lowest BCUT2D eigenvalue weighted by Gasteiger charge is -2.20. The summed E-state index contributed by atoms with van der Waals surface area (Å²) in [6.07, 6.45) is 0. The molecule has 0 spiro atoms. The van der Waals surface area contributed by atoms with Crippen LogP contribution < -0.4 is 11.1 Å². The lowest BCUT2D eigenvalue weighted by Crippen LogP contribution is -2.21. The summed E-state index contributed by atoms with van der Waals surface area (Å²) in [6.45, 7) is 0.423. The van der Waals surface area contributed by atoms with Gasteiger partial charge in [-0.3, -0.25) is 0 Å². The Bertz CT molecular complexity index is 575. The second kappa shape index (κ2) is 6.62. The standard InChI is InChI=1S/C14H13BrCl2N2/c15-9-2-1-3-11(6-9)19-14(8-18)12-7-10(16)4-5-13(12)17/h1-7,14,19H,8,18H2. The molecule has 2 rings (SSSR count). The Hall–Kier alpha value is -0.740. The summed E-state index contributed by atoms with van der Waals surface area (Å²) in [6, 6.07) is 13.2. The highest BCUT2D eigenvalue weighted by Gasteiger charge is 2.13. The van der Waals surface area contributed by atoms with Gasteiger partial charge >= 0.3 is 0 Å². The second-order valence-corrected chi connectivity index (χ2v) is 5.87. The van der Waals surface area contributed by atoms with Crippen LogP contribution >= 0.6 is 39.1 Å². The number of rotatable bonds is 4. The smallest absolute Gasteiger partial charge is 0.0651 e. The Morgan fingerprint density at radius 3 is 2.63 bits per heavy atom. The molecule has 0 aliphatic rings. The van der Waals surface area contributed by atoms with E-state index in [0.717, 1.165) is 15.7 Å². The zero-order chi connectivity index (χ0) is 13.8. The maximum Gasteiger partial charge on any atom is 0.0651 e. The Kier molecular flexibility index (Phi) is 5.11. The van der Waals surface area contributed by atoms with E-state index in [1.165, 1.54) is 0 Å². The van der Waals surface area contributed by atoms with E-state index in [2.05, 4.69) is 21.2 Å². The maximum absolute atomic E-state index is 6.20. The summed E-state index contributed by atoms with van der Waals surface area (Å²) in [5.74, 6) is 0. The Balaban J connectivity index is 2.27. The van der Waals surface area contributed by atoms with E-state index in [1.54, 1.807) is 12.1 Å². The van der Waals surface area contributed by atoms with Crippen LogP contribution in [0.3, 0.4) is 0 Å². The van der Waals surface area contributed by atoms with Gasteiger partial charge in [0.25, 0.3) is 0 Å².